The maximum atomic E-state index is 6.13. The third-order valence-corrected chi connectivity index (χ3v) is 4.60. The average molecular weight is 277 g/mol. The van der Waals surface area contributed by atoms with Crippen LogP contribution < -0.4 is 5.73 Å². The van der Waals surface area contributed by atoms with Gasteiger partial charge < -0.3 is 15.2 Å². The van der Waals surface area contributed by atoms with Crippen molar-refractivity contribution >= 4 is 0 Å². The Morgan fingerprint density at radius 2 is 2.20 bits per heavy atom. The van der Waals surface area contributed by atoms with Crippen LogP contribution in [0.4, 0.5) is 0 Å². The van der Waals surface area contributed by atoms with E-state index in [2.05, 4.69) is 33.4 Å². The summed E-state index contributed by atoms with van der Waals surface area (Å²) in [6.45, 7) is 2.96. The molecule has 1 aromatic rings. The Balaban J connectivity index is 1.79. The summed E-state index contributed by atoms with van der Waals surface area (Å²) in [5.74, 6) is 0. The SMILES string of the molecule is CN(C)CC1CCCN1C(CN)c1cncn1C1CC1. The molecule has 5 heteroatoms. The Bertz CT molecular complexity index is 437. The molecular formula is C15H27N5. The van der Waals surface area contributed by atoms with Gasteiger partial charge in [0.25, 0.3) is 0 Å². The van der Waals surface area contributed by atoms with Gasteiger partial charge in [-0.1, -0.05) is 0 Å². The fourth-order valence-electron chi connectivity index (χ4n) is 3.54. The van der Waals surface area contributed by atoms with Crippen molar-refractivity contribution in [2.45, 2.75) is 43.8 Å². The van der Waals surface area contributed by atoms with Gasteiger partial charge in [0.15, 0.2) is 0 Å². The van der Waals surface area contributed by atoms with Gasteiger partial charge in [0, 0.05) is 31.4 Å². The van der Waals surface area contributed by atoms with Crippen molar-refractivity contribution in [3.05, 3.63) is 18.2 Å². The van der Waals surface area contributed by atoms with Crippen LogP contribution in [0.5, 0.6) is 0 Å². The molecule has 1 aliphatic carbocycles. The second-order valence-corrected chi connectivity index (χ2v) is 6.50. The van der Waals surface area contributed by atoms with Crippen LogP contribution in [0.1, 0.15) is 43.5 Å². The molecule has 0 amide bonds. The van der Waals surface area contributed by atoms with Gasteiger partial charge in [0.2, 0.25) is 0 Å². The first-order valence-corrected chi connectivity index (χ1v) is 7.83. The minimum atomic E-state index is 0.325. The molecule has 3 rings (SSSR count). The van der Waals surface area contributed by atoms with E-state index < -0.39 is 0 Å². The van der Waals surface area contributed by atoms with E-state index in [1.807, 2.05) is 12.5 Å². The fourth-order valence-corrected chi connectivity index (χ4v) is 3.54. The van der Waals surface area contributed by atoms with Crippen molar-refractivity contribution in [3.63, 3.8) is 0 Å². The maximum Gasteiger partial charge on any atom is 0.0951 e. The lowest BCUT2D eigenvalue weighted by Crippen LogP contribution is -2.42. The molecule has 1 aliphatic heterocycles. The van der Waals surface area contributed by atoms with Crippen molar-refractivity contribution in [2.75, 3.05) is 33.7 Å². The second-order valence-electron chi connectivity index (χ2n) is 6.50. The Hall–Kier alpha value is -0.910. The number of rotatable bonds is 6. The van der Waals surface area contributed by atoms with E-state index >= 15 is 0 Å². The van der Waals surface area contributed by atoms with Crippen molar-refractivity contribution < 1.29 is 0 Å². The van der Waals surface area contributed by atoms with Crippen molar-refractivity contribution in [1.82, 2.24) is 19.4 Å². The van der Waals surface area contributed by atoms with E-state index in [-0.39, 0.29) is 0 Å². The molecule has 2 heterocycles. The van der Waals surface area contributed by atoms with E-state index in [1.54, 1.807) is 0 Å². The zero-order valence-corrected chi connectivity index (χ0v) is 12.7. The smallest absolute Gasteiger partial charge is 0.0951 e. The van der Waals surface area contributed by atoms with Gasteiger partial charge in [-0.05, 0) is 46.3 Å². The van der Waals surface area contributed by atoms with Crippen LogP contribution in [0.3, 0.4) is 0 Å². The molecule has 0 spiro atoms. The summed E-state index contributed by atoms with van der Waals surface area (Å²) in [7, 11) is 4.31. The molecule has 5 nitrogen and oxygen atoms in total. The highest BCUT2D eigenvalue weighted by molar-refractivity contribution is 5.11. The Kier molecular flexibility index (Phi) is 4.10. The van der Waals surface area contributed by atoms with Crippen molar-refractivity contribution in [2.24, 2.45) is 5.73 Å². The summed E-state index contributed by atoms with van der Waals surface area (Å²) in [6, 6.07) is 1.63. The van der Waals surface area contributed by atoms with Gasteiger partial charge in [-0.2, -0.15) is 0 Å². The molecule has 1 saturated heterocycles. The van der Waals surface area contributed by atoms with Crippen molar-refractivity contribution in [1.29, 1.82) is 0 Å². The van der Waals surface area contributed by atoms with Gasteiger partial charge in [-0.15, -0.1) is 0 Å². The Morgan fingerprint density at radius 3 is 2.85 bits per heavy atom. The van der Waals surface area contributed by atoms with Crippen LogP contribution in [0.15, 0.2) is 12.5 Å². The molecule has 2 atom stereocenters. The van der Waals surface area contributed by atoms with Crippen LogP contribution in [0, 0.1) is 0 Å². The molecule has 2 unspecified atom stereocenters. The number of imidazole rings is 1. The van der Waals surface area contributed by atoms with E-state index in [9.17, 15) is 0 Å². The number of nitrogens with two attached hydrogens (primary N) is 1. The van der Waals surface area contributed by atoms with Gasteiger partial charge in [0.1, 0.15) is 0 Å². The predicted octanol–water partition coefficient (Wildman–Crippen LogP) is 1.24. The number of likely N-dealkylation sites (tertiary alicyclic amines) is 1. The largest absolute Gasteiger partial charge is 0.330 e. The summed E-state index contributed by atoms with van der Waals surface area (Å²) in [5.41, 5.74) is 7.45. The molecule has 1 saturated carbocycles. The lowest BCUT2D eigenvalue weighted by Gasteiger charge is -2.34. The van der Waals surface area contributed by atoms with E-state index in [0.717, 1.165) is 13.1 Å². The maximum absolute atomic E-state index is 6.13. The highest BCUT2D eigenvalue weighted by Gasteiger charge is 2.35. The second kappa shape index (κ2) is 5.84. The summed E-state index contributed by atoms with van der Waals surface area (Å²) in [6.07, 6.45) is 9.18. The van der Waals surface area contributed by atoms with Gasteiger partial charge in [0.05, 0.1) is 18.1 Å². The van der Waals surface area contributed by atoms with E-state index in [0.29, 0.717) is 24.7 Å². The topological polar surface area (TPSA) is 50.3 Å². The zero-order valence-electron chi connectivity index (χ0n) is 12.7. The van der Waals surface area contributed by atoms with E-state index in [1.165, 1.54) is 31.4 Å². The molecule has 2 aliphatic rings. The molecule has 2 N–H and O–H groups in total. The quantitative estimate of drug-likeness (QED) is 0.850. The average Bonchev–Trinajstić information content (AvgIpc) is 2.98. The summed E-state index contributed by atoms with van der Waals surface area (Å²) >= 11 is 0. The summed E-state index contributed by atoms with van der Waals surface area (Å²) in [5, 5.41) is 0. The van der Waals surface area contributed by atoms with Gasteiger partial charge >= 0.3 is 0 Å². The van der Waals surface area contributed by atoms with Crippen LogP contribution in [0.2, 0.25) is 0 Å². The highest BCUT2D eigenvalue weighted by atomic mass is 15.3. The number of hydrogen-bond donors (Lipinski definition) is 1. The third kappa shape index (κ3) is 2.75. The Labute approximate surface area is 121 Å². The van der Waals surface area contributed by atoms with Crippen LogP contribution >= 0.6 is 0 Å². The first-order valence-electron chi connectivity index (χ1n) is 7.83. The van der Waals surface area contributed by atoms with E-state index in [4.69, 9.17) is 5.73 Å². The first kappa shape index (κ1) is 14.0. The lowest BCUT2D eigenvalue weighted by atomic mass is 10.1. The standard InChI is InChI=1S/C15H27N5/c1-18(2)10-13-4-3-7-19(13)14(8-16)15-9-17-11-20(15)12-5-6-12/h9,11-14H,3-8,10,16H2,1-2H3. The van der Waals surface area contributed by atoms with Gasteiger partial charge in [-0.3, -0.25) is 4.90 Å². The Morgan fingerprint density at radius 1 is 1.40 bits per heavy atom. The number of aromatic nitrogens is 2. The monoisotopic (exact) mass is 277 g/mol. The molecule has 1 aromatic heterocycles. The summed E-state index contributed by atoms with van der Waals surface area (Å²) < 4.78 is 2.36. The molecule has 0 radical (unpaired) electrons. The predicted molar refractivity (Wildman–Crippen MR) is 80.6 cm³/mol. The molecular weight excluding hydrogens is 250 g/mol. The molecule has 112 valence electrons. The fraction of sp³-hybridized carbons (Fsp3) is 0.800. The number of hydrogen-bond acceptors (Lipinski definition) is 4. The molecule has 0 bridgehead atoms. The van der Waals surface area contributed by atoms with Gasteiger partial charge in [-0.25, -0.2) is 4.98 Å². The van der Waals surface area contributed by atoms with Crippen LogP contribution in [-0.2, 0) is 0 Å². The van der Waals surface area contributed by atoms with Crippen LogP contribution in [0.25, 0.3) is 0 Å². The van der Waals surface area contributed by atoms with Crippen LogP contribution in [-0.4, -0.2) is 59.1 Å². The molecule has 2 fully saturated rings. The lowest BCUT2D eigenvalue weighted by molar-refractivity contribution is 0.150. The van der Waals surface area contributed by atoms with Crippen molar-refractivity contribution in [3.8, 4) is 0 Å². The third-order valence-electron chi connectivity index (χ3n) is 4.60. The highest BCUT2D eigenvalue weighted by Crippen LogP contribution is 2.38. The normalized spacial score (nSPS) is 25.5. The number of likely N-dealkylation sites (N-methyl/N-ethyl adjacent to an activating group) is 1. The minimum Gasteiger partial charge on any atom is -0.330 e. The zero-order chi connectivity index (χ0) is 14.1. The number of nitrogens with zero attached hydrogens (tertiary/aromatic N) is 4. The molecule has 20 heavy (non-hydrogen) atoms. The minimum absolute atomic E-state index is 0.325. The first-order chi connectivity index (χ1) is 9.70. The molecule has 0 aromatic carbocycles. The summed E-state index contributed by atoms with van der Waals surface area (Å²) in [4.78, 5) is 9.27.